The zero-order valence-corrected chi connectivity index (χ0v) is 12.4. The second kappa shape index (κ2) is 6.82. The molecule has 102 valence electrons. The lowest BCUT2D eigenvalue weighted by atomic mass is 10.1. The molecule has 3 nitrogen and oxygen atoms in total. The SMILES string of the molecule is Cc1ccc(NC(=S)NN=Cc2ccccc2C)cc1. The molecular weight excluding hydrogens is 266 g/mol. The summed E-state index contributed by atoms with van der Waals surface area (Å²) in [7, 11) is 0. The minimum atomic E-state index is 0.471. The van der Waals surface area contributed by atoms with Crippen LogP contribution in [0.3, 0.4) is 0 Å². The number of thiocarbonyl (C=S) groups is 1. The van der Waals surface area contributed by atoms with Crippen molar-refractivity contribution in [2.45, 2.75) is 13.8 Å². The number of nitrogens with zero attached hydrogens (tertiary/aromatic N) is 1. The van der Waals surface area contributed by atoms with Crippen LogP contribution >= 0.6 is 12.2 Å². The van der Waals surface area contributed by atoms with E-state index in [-0.39, 0.29) is 0 Å². The van der Waals surface area contributed by atoms with Gasteiger partial charge in [-0.3, -0.25) is 5.43 Å². The van der Waals surface area contributed by atoms with Crippen LogP contribution in [0.5, 0.6) is 0 Å². The molecule has 2 N–H and O–H groups in total. The second-order valence-corrected chi connectivity index (χ2v) is 4.95. The Bertz CT molecular complexity index is 618. The summed E-state index contributed by atoms with van der Waals surface area (Å²) in [4.78, 5) is 0. The van der Waals surface area contributed by atoms with Gasteiger partial charge in [0.1, 0.15) is 0 Å². The molecule has 0 saturated heterocycles. The van der Waals surface area contributed by atoms with Crippen molar-refractivity contribution < 1.29 is 0 Å². The largest absolute Gasteiger partial charge is 0.331 e. The third kappa shape index (κ3) is 4.17. The van der Waals surface area contributed by atoms with Crippen molar-refractivity contribution >= 4 is 29.2 Å². The number of aryl methyl sites for hydroxylation is 2. The fourth-order valence-corrected chi connectivity index (χ4v) is 1.86. The number of anilines is 1. The van der Waals surface area contributed by atoms with Crippen molar-refractivity contribution in [2.75, 3.05) is 5.32 Å². The molecule has 0 atom stereocenters. The van der Waals surface area contributed by atoms with Crippen LogP contribution in [0.2, 0.25) is 0 Å². The fraction of sp³-hybridized carbons (Fsp3) is 0.125. The Morgan fingerprint density at radius 2 is 1.75 bits per heavy atom. The van der Waals surface area contributed by atoms with Gasteiger partial charge in [-0.2, -0.15) is 5.10 Å². The molecule has 0 amide bonds. The van der Waals surface area contributed by atoms with Crippen LogP contribution in [0, 0.1) is 13.8 Å². The van der Waals surface area contributed by atoms with Crippen molar-refractivity contribution in [1.82, 2.24) is 5.43 Å². The maximum absolute atomic E-state index is 5.18. The van der Waals surface area contributed by atoms with E-state index in [4.69, 9.17) is 12.2 Å². The number of nitrogens with one attached hydrogen (secondary N) is 2. The number of benzene rings is 2. The van der Waals surface area contributed by atoms with E-state index in [9.17, 15) is 0 Å². The van der Waals surface area contributed by atoms with Crippen LogP contribution < -0.4 is 10.7 Å². The quantitative estimate of drug-likeness (QED) is 0.513. The Kier molecular flexibility index (Phi) is 4.85. The predicted molar refractivity (Wildman–Crippen MR) is 89.3 cm³/mol. The first kappa shape index (κ1) is 14.2. The molecule has 0 radical (unpaired) electrons. The fourth-order valence-electron chi connectivity index (χ4n) is 1.69. The van der Waals surface area contributed by atoms with E-state index in [1.807, 2.05) is 62.4 Å². The van der Waals surface area contributed by atoms with E-state index in [0.29, 0.717) is 5.11 Å². The molecule has 2 rings (SSSR count). The van der Waals surface area contributed by atoms with Crippen LogP contribution in [-0.2, 0) is 0 Å². The molecule has 0 fully saturated rings. The molecule has 0 heterocycles. The summed E-state index contributed by atoms with van der Waals surface area (Å²) in [6.45, 7) is 4.09. The molecular formula is C16H17N3S. The van der Waals surface area contributed by atoms with E-state index in [1.54, 1.807) is 6.21 Å². The summed E-state index contributed by atoms with van der Waals surface area (Å²) < 4.78 is 0. The zero-order valence-electron chi connectivity index (χ0n) is 11.6. The summed E-state index contributed by atoms with van der Waals surface area (Å²) in [5.41, 5.74) is 7.21. The van der Waals surface area contributed by atoms with Gasteiger partial charge in [0.05, 0.1) is 6.21 Å². The number of hydrogen-bond acceptors (Lipinski definition) is 2. The van der Waals surface area contributed by atoms with Gasteiger partial charge in [-0.25, -0.2) is 0 Å². The molecule has 20 heavy (non-hydrogen) atoms. The lowest BCUT2D eigenvalue weighted by Crippen LogP contribution is -2.23. The highest BCUT2D eigenvalue weighted by Gasteiger charge is 1.96. The van der Waals surface area contributed by atoms with E-state index >= 15 is 0 Å². The number of hydrogen-bond donors (Lipinski definition) is 2. The van der Waals surface area contributed by atoms with Gasteiger partial charge in [0.15, 0.2) is 5.11 Å². The lowest BCUT2D eigenvalue weighted by molar-refractivity contribution is 1.05. The second-order valence-electron chi connectivity index (χ2n) is 4.55. The molecule has 2 aromatic carbocycles. The third-order valence-corrected chi connectivity index (χ3v) is 3.06. The first-order valence-electron chi connectivity index (χ1n) is 6.37. The summed E-state index contributed by atoms with van der Waals surface area (Å²) in [6.07, 6.45) is 1.76. The minimum absolute atomic E-state index is 0.471. The van der Waals surface area contributed by atoms with E-state index < -0.39 is 0 Å². The average Bonchev–Trinajstić information content (AvgIpc) is 2.43. The Morgan fingerprint density at radius 1 is 1.05 bits per heavy atom. The number of rotatable bonds is 3. The van der Waals surface area contributed by atoms with Gasteiger partial charge in [0, 0.05) is 5.69 Å². The summed E-state index contributed by atoms with van der Waals surface area (Å²) in [6, 6.07) is 16.1. The Hall–Kier alpha value is -2.20. The van der Waals surface area contributed by atoms with Gasteiger partial charge in [-0.1, -0.05) is 42.0 Å². The van der Waals surface area contributed by atoms with Gasteiger partial charge in [-0.15, -0.1) is 0 Å². The Balaban J connectivity index is 1.89. The summed E-state index contributed by atoms with van der Waals surface area (Å²) >= 11 is 5.18. The summed E-state index contributed by atoms with van der Waals surface area (Å²) in [5.74, 6) is 0. The molecule has 0 aliphatic rings. The normalized spacial score (nSPS) is 10.5. The molecule has 4 heteroatoms. The smallest absolute Gasteiger partial charge is 0.191 e. The average molecular weight is 283 g/mol. The molecule has 2 aromatic rings. The topological polar surface area (TPSA) is 36.4 Å². The molecule has 0 aromatic heterocycles. The van der Waals surface area contributed by atoms with E-state index in [0.717, 1.165) is 11.3 Å². The number of hydrazone groups is 1. The maximum atomic E-state index is 5.18. The van der Waals surface area contributed by atoms with Crippen LogP contribution in [0.1, 0.15) is 16.7 Å². The van der Waals surface area contributed by atoms with Crippen molar-refractivity contribution in [3.63, 3.8) is 0 Å². The van der Waals surface area contributed by atoms with Gasteiger partial charge in [-0.05, 0) is 49.3 Å². The Morgan fingerprint density at radius 3 is 2.45 bits per heavy atom. The van der Waals surface area contributed by atoms with Crippen molar-refractivity contribution in [3.8, 4) is 0 Å². The maximum Gasteiger partial charge on any atom is 0.191 e. The molecule has 0 saturated carbocycles. The van der Waals surface area contributed by atoms with Crippen molar-refractivity contribution in [2.24, 2.45) is 5.10 Å². The first-order valence-corrected chi connectivity index (χ1v) is 6.78. The van der Waals surface area contributed by atoms with Crippen LogP contribution in [0.25, 0.3) is 0 Å². The Labute approximate surface area is 124 Å². The monoisotopic (exact) mass is 283 g/mol. The molecule has 0 unspecified atom stereocenters. The molecule has 0 spiro atoms. The standard InChI is InChI=1S/C16H17N3S/c1-12-7-9-15(10-8-12)18-16(20)19-17-11-14-6-4-3-5-13(14)2/h3-11H,1-2H3,(H2,18,19,20). The highest BCUT2D eigenvalue weighted by atomic mass is 32.1. The van der Waals surface area contributed by atoms with Gasteiger partial charge in [0.25, 0.3) is 0 Å². The van der Waals surface area contributed by atoms with Crippen LogP contribution in [0.4, 0.5) is 5.69 Å². The highest BCUT2D eigenvalue weighted by molar-refractivity contribution is 7.80. The first-order chi connectivity index (χ1) is 9.65. The van der Waals surface area contributed by atoms with E-state index in [1.165, 1.54) is 11.1 Å². The van der Waals surface area contributed by atoms with Crippen LogP contribution in [-0.4, -0.2) is 11.3 Å². The lowest BCUT2D eigenvalue weighted by Gasteiger charge is -2.07. The molecule has 0 aliphatic carbocycles. The summed E-state index contributed by atoms with van der Waals surface area (Å²) in [5, 5.41) is 7.68. The van der Waals surface area contributed by atoms with Crippen LogP contribution in [0.15, 0.2) is 53.6 Å². The minimum Gasteiger partial charge on any atom is -0.331 e. The predicted octanol–water partition coefficient (Wildman–Crippen LogP) is 3.62. The van der Waals surface area contributed by atoms with Crippen molar-refractivity contribution in [3.05, 3.63) is 65.2 Å². The van der Waals surface area contributed by atoms with Gasteiger partial charge < -0.3 is 5.32 Å². The molecule has 0 bridgehead atoms. The van der Waals surface area contributed by atoms with Gasteiger partial charge in [0.2, 0.25) is 0 Å². The highest BCUT2D eigenvalue weighted by Crippen LogP contribution is 2.08. The van der Waals surface area contributed by atoms with Crippen molar-refractivity contribution in [1.29, 1.82) is 0 Å². The van der Waals surface area contributed by atoms with E-state index in [2.05, 4.69) is 15.8 Å². The third-order valence-electron chi connectivity index (χ3n) is 2.87. The zero-order chi connectivity index (χ0) is 14.4. The van der Waals surface area contributed by atoms with Gasteiger partial charge >= 0.3 is 0 Å². The molecule has 0 aliphatic heterocycles.